The van der Waals surface area contributed by atoms with E-state index in [9.17, 15) is 0 Å². The van der Waals surface area contributed by atoms with Crippen molar-refractivity contribution >= 4 is 11.9 Å². The Morgan fingerprint density at radius 3 is 2.72 bits per heavy atom. The summed E-state index contributed by atoms with van der Waals surface area (Å²) in [6.45, 7) is 4.09. The molecule has 0 radical (unpaired) electrons. The molecule has 0 aliphatic carbocycles. The molecule has 0 saturated heterocycles. The summed E-state index contributed by atoms with van der Waals surface area (Å²) in [4.78, 5) is 17.4. The minimum Gasteiger partial charge on any atom is -0.376 e. The average Bonchev–Trinajstić information content (AvgIpc) is 2.39. The monoisotopic (exact) mass is 243 g/mol. The van der Waals surface area contributed by atoms with Crippen LogP contribution in [0.5, 0.6) is 5.75 Å². The first-order chi connectivity index (χ1) is 8.79. The number of hydrogen-bond donors (Lipinski definition) is 1. The van der Waals surface area contributed by atoms with Gasteiger partial charge in [0.05, 0.1) is 6.54 Å². The molecule has 1 aromatic carbocycles. The molecule has 0 amide bonds. The van der Waals surface area contributed by atoms with Crippen LogP contribution in [0.25, 0.3) is 0 Å². The highest BCUT2D eigenvalue weighted by atomic mass is 16.7. The van der Waals surface area contributed by atoms with Gasteiger partial charge >= 0.3 is 0 Å². The number of nitrogens with two attached hydrogens (primary N) is 1. The zero-order valence-corrected chi connectivity index (χ0v) is 9.73. The van der Waals surface area contributed by atoms with E-state index in [4.69, 9.17) is 10.6 Å². The quantitative estimate of drug-likeness (QED) is 0.632. The van der Waals surface area contributed by atoms with Gasteiger partial charge in [0.15, 0.2) is 5.75 Å². The maximum absolute atomic E-state index is 5.65. The first kappa shape index (κ1) is 11.8. The molecule has 0 aliphatic rings. The molecule has 0 bridgehead atoms. The van der Waals surface area contributed by atoms with Gasteiger partial charge in [0.1, 0.15) is 6.33 Å². The van der Waals surface area contributed by atoms with Gasteiger partial charge in [-0.05, 0) is 12.1 Å². The Bertz CT molecular complexity index is 517. The van der Waals surface area contributed by atoms with E-state index in [1.807, 2.05) is 30.3 Å². The first-order valence-corrected chi connectivity index (χ1v) is 5.35. The molecular weight excluding hydrogens is 230 g/mol. The van der Waals surface area contributed by atoms with E-state index in [1.54, 1.807) is 6.08 Å². The zero-order chi connectivity index (χ0) is 12.8. The summed E-state index contributed by atoms with van der Waals surface area (Å²) >= 11 is 0. The van der Waals surface area contributed by atoms with E-state index in [1.165, 1.54) is 11.4 Å². The number of rotatable bonds is 5. The van der Waals surface area contributed by atoms with Gasteiger partial charge in [-0.1, -0.05) is 24.3 Å². The molecule has 1 aromatic heterocycles. The predicted molar refractivity (Wildman–Crippen MR) is 68.9 cm³/mol. The largest absolute Gasteiger partial charge is 0.376 e. The van der Waals surface area contributed by atoms with Crippen molar-refractivity contribution in [2.75, 3.05) is 17.3 Å². The summed E-state index contributed by atoms with van der Waals surface area (Å²) in [5.74, 6) is 1.16. The Labute approximate surface area is 105 Å². The number of benzene rings is 1. The number of nitrogen functional groups attached to an aromatic ring is 1. The molecule has 92 valence electrons. The molecule has 18 heavy (non-hydrogen) atoms. The van der Waals surface area contributed by atoms with Crippen LogP contribution in [0.4, 0.5) is 11.9 Å². The second-order valence-corrected chi connectivity index (χ2v) is 3.40. The van der Waals surface area contributed by atoms with Crippen LogP contribution in [0.3, 0.4) is 0 Å². The van der Waals surface area contributed by atoms with Gasteiger partial charge in [-0.3, -0.25) is 0 Å². The van der Waals surface area contributed by atoms with Crippen LogP contribution in [0.15, 0.2) is 49.3 Å². The number of hydrogen-bond acceptors (Lipinski definition) is 6. The first-order valence-electron chi connectivity index (χ1n) is 5.35. The summed E-state index contributed by atoms with van der Waals surface area (Å²) in [7, 11) is 0. The molecule has 2 N–H and O–H groups in total. The van der Waals surface area contributed by atoms with Crippen molar-refractivity contribution < 1.29 is 4.84 Å². The van der Waals surface area contributed by atoms with Crippen molar-refractivity contribution in [3.05, 3.63) is 49.3 Å². The third-order valence-corrected chi connectivity index (χ3v) is 2.05. The van der Waals surface area contributed by atoms with E-state index in [-0.39, 0.29) is 5.95 Å². The van der Waals surface area contributed by atoms with Gasteiger partial charge in [-0.2, -0.15) is 15.0 Å². The van der Waals surface area contributed by atoms with Gasteiger partial charge in [0.25, 0.3) is 5.95 Å². The number of para-hydroxylation sites is 1. The van der Waals surface area contributed by atoms with Crippen molar-refractivity contribution in [3.8, 4) is 5.75 Å². The molecule has 6 nitrogen and oxygen atoms in total. The van der Waals surface area contributed by atoms with Gasteiger partial charge in [-0.15, -0.1) is 6.58 Å². The van der Waals surface area contributed by atoms with Crippen LogP contribution in [-0.2, 0) is 0 Å². The fourth-order valence-electron chi connectivity index (χ4n) is 1.31. The van der Waals surface area contributed by atoms with Crippen molar-refractivity contribution in [2.45, 2.75) is 0 Å². The lowest BCUT2D eigenvalue weighted by Crippen LogP contribution is -2.29. The average molecular weight is 243 g/mol. The smallest absolute Gasteiger partial charge is 0.264 e. The lowest BCUT2D eigenvalue weighted by Gasteiger charge is -2.20. The van der Waals surface area contributed by atoms with Crippen molar-refractivity contribution in [3.63, 3.8) is 0 Å². The van der Waals surface area contributed by atoms with E-state index < -0.39 is 0 Å². The molecule has 2 aromatic rings. The summed E-state index contributed by atoms with van der Waals surface area (Å²) in [5, 5.41) is 1.49. The third-order valence-electron chi connectivity index (χ3n) is 2.05. The Hall–Kier alpha value is -2.63. The highest BCUT2D eigenvalue weighted by molar-refractivity contribution is 5.33. The lowest BCUT2D eigenvalue weighted by molar-refractivity contribution is 0.283. The standard InChI is InChI=1S/C12H13N5O/c1-2-8-17(12-15-9-14-11(13)16-12)18-10-6-4-3-5-7-10/h2-7,9H,1,8H2,(H2,13,14,15,16). The van der Waals surface area contributed by atoms with Gasteiger partial charge in [0.2, 0.25) is 5.95 Å². The van der Waals surface area contributed by atoms with Gasteiger partial charge < -0.3 is 10.6 Å². The minimum absolute atomic E-state index is 0.144. The van der Waals surface area contributed by atoms with Crippen LogP contribution in [0, 0.1) is 0 Å². The molecule has 0 aliphatic heterocycles. The van der Waals surface area contributed by atoms with E-state index >= 15 is 0 Å². The predicted octanol–water partition coefficient (Wildman–Crippen LogP) is 1.44. The molecule has 0 saturated carbocycles. The highest BCUT2D eigenvalue weighted by Gasteiger charge is 2.10. The van der Waals surface area contributed by atoms with Gasteiger partial charge in [-0.25, -0.2) is 4.98 Å². The summed E-state index contributed by atoms with van der Waals surface area (Å²) in [6.07, 6.45) is 3.02. The highest BCUT2D eigenvalue weighted by Crippen LogP contribution is 2.14. The SMILES string of the molecule is C=CCN(Oc1ccccc1)c1ncnc(N)n1. The maximum Gasteiger partial charge on any atom is 0.264 e. The Morgan fingerprint density at radius 2 is 2.06 bits per heavy atom. The van der Waals surface area contributed by atoms with Crippen molar-refractivity contribution in [1.29, 1.82) is 0 Å². The van der Waals surface area contributed by atoms with Gasteiger partial charge in [0, 0.05) is 0 Å². The topological polar surface area (TPSA) is 77.2 Å². The normalized spacial score (nSPS) is 9.78. The van der Waals surface area contributed by atoms with Crippen LogP contribution < -0.4 is 15.6 Å². The second-order valence-electron chi connectivity index (χ2n) is 3.40. The van der Waals surface area contributed by atoms with E-state index in [0.29, 0.717) is 18.2 Å². The van der Waals surface area contributed by atoms with Crippen LogP contribution in [0.1, 0.15) is 0 Å². The fraction of sp³-hybridized carbons (Fsp3) is 0.0833. The molecule has 6 heteroatoms. The lowest BCUT2D eigenvalue weighted by atomic mass is 10.3. The van der Waals surface area contributed by atoms with Crippen molar-refractivity contribution in [1.82, 2.24) is 15.0 Å². The Morgan fingerprint density at radius 1 is 1.28 bits per heavy atom. The summed E-state index contributed by atoms with van der Waals surface area (Å²) in [5.41, 5.74) is 5.52. The molecule has 0 unspecified atom stereocenters. The zero-order valence-electron chi connectivity index (χ0n) is 9.73. The maximum atomic E-state index is 5.65. The molecule has 0 fully saturated rings. The summed E-state index contributed by atoms with van der Waals surface area (Å²) in [6, 6.07) is 9.33. The number of anilines is 2. The van der Waals surface area contributed by atoms with E-state index in [0.717, 1.165) is 0 Å². The Kier molecular flexibility index (Phi) is 3.70. The molecular formula is C12H13N5O. The Balaban J connectivity index is 2.20. The summed E-state index contributed by atoms with van der Waals surface area (Å²) < 4.78 is 0. The molecule has 0 spiro atoms. The van der Waals surface area contributed by atoms with Crippen LogP contribution >= 0.6 is 0 Å². The van der Waals surface area contributed by atoms with Crippen molar-refractivity contribution in [2.24, 2.45) is 0 Å². The van der Waals surface area contributed by atoms with Crippen LogP contribution in [-0.4, -0.2) is 21.5 Å². The van der Waals surface area contributed by atoms with Crippen LogP contribution in [0.2, 0.25) is 0 Å². The number of nitrogens with zero attached hydrogens (tertiary/aromatic N) is 4. The minimum atomic E-state index is 0.144. The molecule has 1 heterocycles. The second kappa shape index (κ2) is 5.62. The van der Waals surface area contributed by atoms with E-state index in [2.05, 4.69) is 21.5 Å². The fourth-order valence-corrected chi connectivity index (χ4v) is 1.31. The number of hydroxylamine groups is 1. The molecule has 2 rings (SSSR count). The third kappa shape index (κ3) is 2.94. The molecule has 0 atom stereocenters. The number of aromatic nitrogens is 3.